The lowest BCUT2D eigenvalue weighted by atomic mass is 10.3. The highest BCUT2D eigenvalue weighted by Gasteiger charge is 2.21. The first-order valence-corrected chi connectivity index (χ1v) is 11.7. The van der Waals surface area contributed by atoms with E-state index in [1.807, 2.05) is 12.1 Å². The van der Waals surface area contributed by atoms with Gasteiger partial charge in [-0.25, -0.2) is 9.37 Å². The van der Waals surface area contributed by atoms with Crippen LogP contribution in [0, 0.1) is 5.82 Å². The zero-order valence-electron chi connectivity index (χ0n) is 16.8. The number of likely N-dealkylation sites (N-methyl/N-ethyl adjacent to an activating group) is 1. The molecule has 1 heterocycles. The normalized spacial score (nSPS) is 11.0. The van der Waals surface area contributed by atoms with Gasteiger partial charge < -0.3 is 4.90 Å². The largest absolute Gasteiger partial charge is 0.302 e. The van der Waals surface area contributed by atoms with Crippen LogP contribution in [0.4, 0.5) is 9.52 Å². The van der Waals surface area contributed by atoms with Gasteiger partial charge in [0, 0.05) is 18.0 Å². The van der Waals surface area contributed by atoms with Gasteiger partial charge in [-0.2, -0.15) is 0 Å². The number of hydrogen-bond donors (Lipinski definition) is 0. The molecule has 2 aromatic carbocycles. The molecule has 0 bridgehead atoms. The number of hydrogen-bond acceptors (Lipinski definition) is 5. The molecule has 0 saturated heterocycles. The maximum atomic E-state index is 13.1. The Labute approximate surface area is 195 Å². The summed E-state index contributed by atoms with van der Waals surface area (Å²) in [7, 11) is 0. The number of rotatable bonds is 9. The van der Waals surface area contributed by atoms with E-state index < -0.39 is 0 Å². The maximum absolute atomic E-state index is 13.1. The first kappa shape index (κ1) is 24.9. The summed E-state index contributed by atoms with van der Waals surface area (Å²) >= 11 is 9.14. The fourth-order valence-corrected chi connectivity index (χ4v) is 4.96. The van der Waals surface area contributed by atoms with E-state index in [1.54, 1.807) is 23.1 Å². The third-order valence-electron chi connectivity index (χ3n) is 4.60. The van der Waals surface area contributed by atoms with Crippen LogP contribution in [0.25, 0.3) is 10.2 Å². The standard InChI is InChI=1S/C21H23ClFN3OS2.ClH/c1-3-25(4-2)12-13-26(19(27)14-28-16-10-8-15(23)9-11-16)21-24-20-17(22)6-5-7-18(20)29-21;/h5-11H,3-4,12-14H2,1-2H3;1H. The summed E-state index contributed by atoms with van der Waals surface area (Å²) in [6, 6.07) is 11.8. The lowest BCUT2D eigenvalue weighted by molar-refractivity contribution is -0.116. The van der Waals surface area contributed by atoms with Crippen molar-refractivity contribution >= 4 is 68.4 Å². The Morgan fingerprint density at radius 1 is 1.13 bits per heavy atom. The maximum Gasteiger partial charge on any atom is 0.239 e. The topological polar surface area (TPSA) is 36.4 Å². The monoisotopic (exact) mass is 487 g/mol. The summed E-state index contributed by atoms with van der Waals surface area (Å²) in [5.74, 6) is -0.0531. The Balaban J connectivity index is 0.00000320. The molecular formula is C21H24Cl2FN3OS2. The van der Waals surface area contributed by atoms with Crippen molar-refractivity contribution in [2.75, 3.05) is 36.8 Å². The molecule has 4 nitrogen and oxygen atoms in total. The molecule has 1 aromatic heterocycles. The number of halogens is 3. The van der Waals surface area contributed by atoms with Crippen molar-refractivity contribution in [3.8, 4) is 0 Å². The van der Waals surface area contributed by atoms with Crippen LogP contribution in [-0.4, -0.2) is 47.7 Å². The van der Waals surface area contributed by atoms with Crippen LogP contribution in [-0.2, 0) is 4.79 Å². The van der Waals surface area contributed by atoms with E-state index in [9.17, 15) is 9.18 Å². The van der Waals surface area contributed by atoms with Gasteiger partial charge in [-0.3, -0.25) is 9.69 Å². The minimum atomic E-state index is -0.284. The Morgan fingerprint density at radius 2 is 1.83 bits per heavy atom. The van der Waals surface area contributed by atoms with E-state index >= 15 is 0 Å². The summed E-state index contributed by atoms with van der Waals surface area (Å²) in [6.45, 7) is 7.39. The van der Waals surface area contributed by atoms with Gasteiger partial charge in [0.05, 0.1) is 15.5 Å². The van der Waals surface area contributed by atoms with Crippen molar-refractivity contribution in [2.24, 2.45) is 0 Å². The molecule has 0 spiro atoms. The second-order valence-electron chi connectivity index (χ2n) is 6.40. The number of anilines is 1. The van der Waals surface area contributed by atoms with Crippen LogP contribution in [0.5, 0.6) is 0 Å². The van der Waals surface area contributed by atoms with Gasteiger partial charge in [-0.1, -0.05) is 42.9 Å². The third-order valence-corrected chi connectivity index (χ3v) is 6.95. The highest BCUT2D eigenvalue weighted by Crippen LogP contribution is 2.33. The molecule has 0 fully saturated rings. The predicted molar refractivity (Wildman–Crippen MR) is 129 cm³/mol. The van der Waals surface area contributed by atoms with Crippen LogP contribution in [0.1, 0.15) is 13.8 Å². The molecule has 3 rings (SSSR count). The number of carbonyl (C=O) groups excluding carboxylic acids is 1. The molecule has 3 aromatic rings. The lowest BCUT2D eigenvalue weighted by Crippen LogP contribution is -2.39. The fourth-order valence-electron chi connectivity index (χ4n) is 2.88. The molecule has 0 saturated carbocycles. The number of thiazole rings is 1. The predicted octanol–water partition coefficient (Wildman–Crippen LogP) is 5.98. The summed E-state index contributed by atoms with van der Waals surface area (Å²) < 4.78 is 14.1. The van der Waals surface area contributed by atoms with Crippen molar-refractivity contribution < 1.29 is 9.18 Å². The smallest absolute Gasteiger partial charge is 0.239 e. The van der Waals surface area contributed by atoms with Crippen LogP contribution < -0.4 is 4.90 Å². The van der Waals surface area contributed by atoms with Crippen LogP contribution >= 0.6 is 47.1 Å². The summed E-state index contributed by atoms with van der Waals surface area (Å²) in [4.78, 5) is 22.6. The second-order valence-corrected chi connectivity index (χ2v) is 8.86. The molecule has 0 aliphatic heterocycles. The molecule has 0 unspecified atom stereocenters. The molecule has 162 valence electrons. The highest BCUT2D eigenvalue weighted by molar-refractivity contribution is 8.00. The van der Waals surface area contributed by atoms with Gasteiger partial charge in [0.15, 0.2) is 5.13 Å². The Hall–Kier alpha value is -1.38. The molecule has 0 N–H and O–H groups in total. The van der Waals surface area contributed by atoms with E-state index in [1.165, 1.54) is 35.2 Å². The molecule has 9 heteroatoms. The van der Waals surface area contributed by atoms with Crippen molar-refractivity contribution in [2.45, 2.75) is 18.7 Å². The number of aromatic nitrogens is 1. The summed E-state index contributed by atoms with van der Waals surface area (Å²) in [6.07, 6.45) is 0. The molecule has 1 amide bonds. The number of carbonyl (C=O) groups is 1. The number of nitrogens with zero attached hydrogens (tertiary/aromatic N) is 3. The van der Waals surface area contributed by atoms with Crippen LogP contribution in [0.15, 0.2) is 47.4 Å². The van der Waals surface area contributed by atoms with E-state index in [0.29, 0.717) is 16.7 Å². The van der Waals surface area contributed by atoms with Gasteiger partial charge in [0.25, 0.3) is 0 Å². The Morgan fingerprint density at radius 3 is 2.47 bits per heavy atom. The number of para-hydroxylation sites is 1. The van der Waals surface area contributed by atoms with Crippen molar-refractivity contribution in [1.29, 1.82) is 0 Å². The number of benzene rings is 2. The average Bonchev–Trinajstić information content (AvgIpc) is 3.16. The summed E-state index contributed by atoms with van der Waals surface area (Å²) in [5, 5.41) is 1.24. The van der Waals surface area contributed by atoms with Gasteiger partial charge in [-0.15, -0.1) is 24.2 Å². The minimum absolute atomic E-state index is 0. The zero-order chi connectivity index (χ0) is 20.8. The van der Waals surface area contributed by atoms with Crippen molar-refractivity contribution in [3.05, 3.63) is 53.3 Å². The molecule has 0 radical (unpaired) electrons. The SMILES string of the molecule is CCN(CC)CCN(C(=O)CSc1ccc(F)cc1)c1nc2c(Cl)cccc2s1.Cl. The van der Waals surface area contributed by atoms with E-state index in [0.717, 1.165) is 34.7 Å². The van der Waals surface area contributed by atoms with Gasteiger partial charge in [0.1, 0.15) is 11.3 Å². The second kappa shape index (κ2) is 11.9. The van der Waals surface area contributed by atoms with Crippen LogP contribution in [0.3, 0.4) is 0 Å². The minimum Gasteiger partial charge on any atom is -0.302 e. The quantitative estimate of drug-likeness (QED) is 0.348. The van der Waals surface area contributed by atoms with Gasteiger partial charge in [0.2, 0.25) is 5.91 Å². The fraction of sp³-hybridized carbons (Fsp3) is 0.333. The van der Waals surface area contributed by atoms with Gasteiger partial charge >= 0.3 is 0 Å². The molecule has 0 atom stereocenters. The Kier molecular flexibility index (Phi) is 9.84. The van der Waals surface area contributed by atoms with E-state index in [-0.39, 0.29) is 29.9 Å². The first-order valence-electron chi connectivity index (χ1n) is 9.48. The highest BCUT2D eigenvalue weighted by atomic mass is 35.5. The van der Waals surface area contributed by atoms with E-state index in [4.69, 9.17) is 11.6 Å². The summed E-state index contributed by atoms with van der Waals surface area (Å²) in [5.41, 5.74) is 0.723. The molecule has 0 aliphatic rings. The number of thioether (sulfide) groups is 1. The van der Waals surface area contributed by atoms with Crippen LogP contribution in [0.2, 0.25) is 5.02 Å². The third kappa shape index (κ3) is 6.31. The molecular weight excluding hydrogens is 464 g/mol. The zero-order valence-corrected chi connectivity index (χ0v) is 20.0. The van der Waals surface area contributed by atoms with Gasteiger partial charge in [-0.05, 0) is 49.5 Å². The number of fused-ring (bicyclic) bond motifs is 1. The molecule has 0 aliphatic carbocycles. The van der Waals surface area contributed by atoms with Crippen molar-refractivity contribution in [3.63, 3.8) is 0 Å². The number of amides is 1. The molecule has 30 heavy (non-hydrogen) atoms. The lowest BCUT2D eigenvalue weighted by Gasteiger charge is -2.24. The Bertz CT molecular complexity index is 965. The van der Waals surface area contributed by atoms with E-state index in [2.05, 4.69) is 23.7 Å². The van der Waals surface area contributed by atoms with Crippen molar-refractivity contribution in [1.82, 2.24) is 9.88 Å². The first-order chi connectivity index (χ1) is 14.0. The average molecular weight is 488 g/mol.